The normalized spacial score (nSPS) is 12.6. The molecule has 0 saturated carbocycles. The van der Waals surface area contributed by atoms with E-state index in [1.54, 1.807) is 6.07 Å². The topological polar surface area (TPSA) is 32.3 Å². The van der Waals surface area contributed by atoms with Gasteiger partial charge in [0.1, 0.15) is 5.75 Å². The van der Waals surface area contributed by atoms with E-state index in [9.17, 15) is 5.11 Å². The van der Waals surface area contributed by atoms with Gasteiger partial charge in [0.2, 0.25) is 0 Å². The molecule has 0 saturated heterocycles. The van der Waals surface area contributed by atoms with Crippen LogP contribution < -0.4 is 5.32 Å². The Bertz CT molecular complexity index is 522. The first-order chi connectivity index (χ1) is 9.65. The van der Waals surface area contributed by atoms with Gasteiger partial charge >= 0.3 is 0 Å². The summed E-state index contributed by atoms with van der Waals surface area (Å²) in [6, 6.07) is 18.6. The van der Waals surface area contributed by atoms with Crippen molar-refractivity contribution in [1.82, 2.24) is 5.32 Å². The summed E-state index contributed by atoms with van der Waals surface area (Å²) in [5.74, 6) is 0.756. The third-order valence-electron chi connectivity index (χ3n) is 3.44. The van der Waals surface area contributed by atoms with Gasteiger partial charge in [0.05, 0.1) is 0 Å². The predicted molar refractivity (Wildman–Crippen MR) is 84.1 cm³/mol. The number of hydrogen-bond acceptors (Lipinski definition) is 2. The number of aromatic hydroxyl groups is 1. The maximum atomic E-state index is 9.60. The highest BCUT2D eigenvalue weighted by Crippen LogP contribution is 2.22. The van der Waals surface area contributed by atoms with Gasteiger partial charge < -0.3 is 10.4 Å². The van der Waals surface area contributed by atoms with Gasteiger partial charge in [0.15, 0.2) is 0 Å². The Morgan fingerprint density at radius 3 is 2.40 bits per heavy atom. The molecule has 0 amide bonds. The first-order valence-corrected chi connectivity index (χ1v) is 7.21. The smallest absolute Gasteiger partial charge is 0.115 e. The molecule has 1 unspecified atom stereocenters. The van der Waals surface area contributed by atoms with E-state index in [1.807, 2.05) is 18.2 Å². The van der Waals surface area contributed by atoms with Crippen LogP contribution in [0.5, 0.6) is 5.75 Å². The Labute approximate surface area is 121 Å². The van der Waals surface area contributed by atoms with Crippen molar-refractivity contribution in [2.45, 2.75) is 32.2 Å². The van der Waals surface area contributed by atoms with Crippen molar-refractivity contribution in [3.63, 3.8) is 0 Å². The molecule has 106 valence electrons. The second-order valence-corrected chi connectivity index (χ2v) is 5.54. The molecule has 0 bridgehead atoms. The Morgan fingerprint density at radius 2 is 1.75 bits per heavy atom. The monoisotopic (exact) mass is 269 g/mol. The maximum absolute atomic E-state index is 9.60. The Morgan fingerprint density at radius 1 is 1.00 bits per heavy atom. The van der Waals surface area contributed by atoms with Crippen LogP contribution in [-0.2, 0) is 6.42 Å². The summed E-state index contributed by atoms with van der Waals surface area (Å²) < 4.78 is 0. The van der Waals surface area contributed by atoms with Gasteiger partial charge in [-0.05, 0) is 29.7 Å². The van der Waals surface area contributed by atoms with Crippen LogP contribution in [-0.4, -0.2) is 17.7 Å². The number of phenols is 1. The van der Waals surface area contributed by atoms with Crippen LogP contribution in [0.2, 0.25) is 0 Å². The predicted octanol–water partition coefficient (Wildman–Crippen LogP) is 3.72. The molecule has 2 rings (SSSR count). The summed E-state index contributed by atoms with van der Waals surface area (Å²) in [5, 5.41) is 13.1. The van der Waals surface area contributed by atoms with Crippen LogP contribution in [0.15, 0.2) is 54.6 Å². The first kappa shape index (κ1) is 14.6. The third-order valence-corrected chi connectivity index (χ3v) is 3.44. The molecule has 0 aromatic heterocycles. The number of rotatable bonds is 6. The lowest BCUT2D eigenvalue weighted by Crippen LogP contribution is -2.28. The molecule has 2 heteroatoms. The molecular formula is C18H23NO. The average molecular weight is 269 g/mol. The number of hydrogen-bond donors (Lipinski definition) is 2. The fourth-order valence-corrected chi connectivity index (χ4v) is 2.38. The Hall–Kier alpha value is -1.80. The summed E-state index contributed by atoms with van der Waals surface area (Å²) in [6.07, 6.45) is 0.929. The second-order valence-electron chi connectivity index (χ2n) is 5.54. The van der Waals surface area contributed by atoms with Gasteiger partial charge in [0, 0.05) is 18.5 Å². The molecule has 0 aliphatic heterocycles. The quantitative estimate of drug-likeness (QED) is 0.837. The van der Waals surface area contributed by atoms with Crippen molar-refractivity contribution in [3.8, 4) is 5.75 Å². The minimum absolute atomic E-state index is 0.339. The summed E-state index contributed by atoms with van der Waals surface area (Å²) in [4.78, 5) is 0. The van der Waals surface area contributed by atoms with Crippen LogP contribution in [0.4, 0.5) is 0 Å². The summed E-state index contributed by atoms with van der Waals surface area (Å²) in [6.45, 7) is 5.27. The van der Waals surface area contributed by atoms with E-state index < -0.39 is 0 Å². The van der Waals surface area contributed by atoms with Crippen molar-refractivity contribution >= 4 is 0 Å². The molecule has 2 aromatic rings. The molecular weight excluding hydrogens is 246 g/mol. The fourth-order valence-electron chi connectivity index (χ4n) is 2.38. The Kier molecular flexibility index (Phi) is 5.19. The lowest BCUT2D eigenvalue weighted by molar-refractivity contribution is 0.473. The molecule has 20 heavy (non-hydrogen) atoms. The number of benzene rings is 2. The van der Waals surface area contributed by atoms with Crippen LogP contribution in [0.3, 0.4) is 0 Å². The van der Waals surface area contributed by atoms with Crippen LogP contribution >= 0.6 is 0 Å². The molecule has 1 atom stereocenters. The molecule has 0 heterocycles. The highest BCUT2D eigenvalue weighted by atomic mass is 16.3. The minimum Gasteiger partial charge on any atom is -0.508 e. The largest absolute Gasteiger partial charge is 0.508 e. The van der Waals surface area contributed by atoms with Crippen molar-refractivity contribution in [3.05, 3.63) is 65.7 Å². The van der Waals surface area contributed by atoms with Crippen LogP contribution in [0.1, 0.15) is 30.9 Å². The van der Waals surface area contributed by atoms with Crippen molar-refractivity contribution in [2.24, 2.45) is 0 Å². The minimum atomic E-state index is 0.339. The van der Waals surface area contributed by atoms with Crippen LogP contribution in [0.25, 0.3) is 0 Å². The summed E-state index contributed by atoms with van der Waals surface area (Å²) in [7, 11) is 0. The summed E-state index contributed by atoms with van der Waals surface area (Å²) in [5.41, 5.74) is 2.51. The molecule has 0 fully saturated rings. The van der Waals surface area contributed by atoms with E-state index in [-0.39, 0.29) is 0 Å². The molecule has 0 spiro atoms. The Balaban J connectivity index is 2.14. The first-order valence-electron chi connectivity index (χ1n) is 7.21. The fraction of sp³-hybridized carbons (Fsp3) is 0.333. The molecule has 0 radical (unpaired) electrons. The molecule has 0 aliphatic carbocycles. The maximum Gasteiger partial charge on any atom is 0.115 e. The van der Waals surface area contributed by atoms with Crippen LogP contribution in [0, 0.1) is 0 Å². The molecule has 2 nitrogen and oxygen atoms in total. The van der Waals surface area contributed by atoms with Gasteiger partial charge in [-0.2, -0.15) is 0 Å². The van der Waals surface area contributed by atoms with Gasteiger partial charge in [0.25, 0.3) is 0 Å². The molecule has 2 aromatic carbocycles. The SMILES string of the molecule is CC(C)NCC(Cc1cccc(O)c1)c1ccccc1. The van der Waals surface area contributed by atoms with Gasteiger partial charge in [-0.1, -0.05) is 56.3 Å². The molecule has 2 N–H and O–H groups in total. The lowest BCUT2D eigenvalue weighted by Gasteiger charge is -2.20. The van der Waals surface area contributed by atoms with Crippen molar-refractivity contribution in [1.29, 1.82) is 0 Å². The summed E-state index contributed by atoms with van der Waals surface area (Å²) >= 11 is 0. The van der Waals surface area contributed by atoms with E-state index in [2.05, 4.69) is 49.5 Å². The van der Waals surface area contributed by atoms with E-state index in [0.29, 0.717) is 17.7 Å². The average Bonchev–Trinajstić information content (AvgIpc) is 2.44. The lowest BCUT2D eigenvalue weighted by atomic mass is 9.91. The van der Waals surface area contributed by atoms with Crippen molar-refractivity contribution < 1.29 is 5.11 Å². The number of phenolic OH excluding ortho intramolecular Hbond substituents is 1. The van der Waals surface area contributed by atoms with E-state index in [0.717, 1.165) is 13.0 Å². The third kappa shape index (κ3) is 4.39. The zero-order valence-electron chi connectivity index (χ0n) is 12.2. The van der Waals surface area contributed by atoms with Gasteiger partial charge in [-0.15, -0.1) is 0 Å². The second kappa shape index (κ2) is 7.11. The van der Waals surface area contributed by atoms with E-state index in [4.69, 9.17) is 0 Å². The van der Waals surface area contributed by atoms with E-state index >= 15 is 0 Å². The van der Waals surface area contributed by atoms with Gasteiger partial charge in [-0.25, -0.2) is 0 Å². The molecule has 0 aliphatic rings. The van der Waals surface area contributed by atoms with Crippen molar-refractivity contribution in [2.75, 3.05) is 6.54 Å². The van der Waals surface area contributed by atoms with E-state index in [1.165, 1.54) is 11.1 Å². The zero-order chi connectivity index (χ0) is 14.4. The zero-order valence-corrected chi connectivity index (χ0v) is 12.2. The van der Waals surface area contributed by atoms with Gasteiger partial charge in [-0.3, -0.25) is 0 Å². The highest BCUT2D eigenvalue weighted by molar-refractivity contribution is 5.30. The number of nitrogens with one attached hydrogen (secondary N) is 1. The standard InChI is InChI=1S/C18H23NO/c1-14(2)19-13-17(16-8-4-3-5-9-16)11-15-7-6-10-18(20)12-15/h3-10,12,14,17,19-20H,11,13H2,1-2H3. The highest BCUT2D eigenvalue weighted by Gasteiger charge is 2.13.